The highest BCUT2D eigenvalue weighted by molar-refractivity contribution is 7.99. The molecule has 0 aromatic carbocycles. The van der Waals surface area contributed by atoms with Gasteiger partial charge in [0.1, 0.15) is 24.4 Å². The summed E-state index contributed by atoms with van der Waals surface area (Å²) in [5.74, 6) is 0. The van der Waals surface area contributed by atoms with E-state index in [1.807, 2.05) is 13.2 Å². The molecule has 0 aliphatic carbocycles. The van der Waals surface area contributed by atoms with Gasteiger partial charge in [0.2, 0.25) is 0 Å². The number of methoxy groups -OCH3 is 1. The number of thioether (sulfide) groups is 1. The molecule has 0 amide bonds. The van der Waals surface area contributed by atoms with Gasteiger partial charge < -0.3 is 28.4 Å². The molecule has 104 valence electrons. The lowest BCUT2D eigenvalue weighted by Crippen LogP contribution is -2.52. The van der Waals surface area contributed by atoms with E-state index in [0.717, 1.165) is 0 Å². The molecule has 3 saturated heterocycles. The van der Waals surface area contributed by atoms with Crippen molar-refractivity contribution in [3.8, 4) is 0 Å². The first-order valence-electron chi connectivity index (χ1n) is 6.07. The molecule has 3 rings (SSSR count). The summed E-state index contributed by atoms with van der Waals surface area (Å²) in [5.41, 5.74) is 0. The molecular formula is C11H18O6S. The maximum atomic E-state index is 5.91. The largest absolute Gasteiger partial charge is 0.373 e. The second kappa shape index (κ2) is 4.90. The van der Waals surface area contributed by atoms with Crippen molar-refractivity contribution >= 4 is 11.8 Å². The van der Waals surface area contributed by atoms with Gasteiger partial charge in [0, 0.05) is 13.7 Å². The molecular weight excluding hydrogens is 260 g/mol. The summed E-state index contributed by atoms with van der Waals surface area (Å²) in [5, 5.41) is -1.01. The smallest absolute Gasteiger partial charge is 0.338 e. The molecule has 0 saturated carbocycles. The number of hydrogen-bond donors (Lipinski definition) is 0. The molecule has 3 aliphatic heterocycles. The number of hydrogen-bond acceptors (Lipinski definition) is 7. The molecule has 0 aromatic heterocycles. The van der Waals surface area contributed by atoms with E-state index in [1.165, 1.54) is 11.8 Å². The first kappa shape index (κ1) is 13.1. The van der Waals surface area contributed by atoms with Crippen molar-refractivity contribution < 1.29 is 28.4 Å². The second-order valence-electron chi connectivity index (χ2n) is 4.38. The highest BCUT2D eigenvalue weighted by Crippen LogP contribution is 2.46. The van der Waals surface area contributed by atoms with Gasteiger partial charge in [-0.3, -0.25) is 0 Å². The van der Waals surface area contributed by atoms with E-state index in [-0.39, 0.29) is 24.4 Å². The fourth-order valence-corrected chi connectivity index (χ4v) is 3.22. The van der Waals surface area contributed by atoms with E-state index in [1.54, 1.807) is 7.11 Å². The Labute approximate surface area is 110 Å². The van der Waals surface area contributed by atoms with Crippen LogP contribution in [0.25, 0.3) is 0 Å². The van der Waals surface area contributed by atoms with Gasteiger partial charge in [-0.1, -0.05) is 11.8 Å². The van der Waals surface area contributed by atoms with E-state index in [0.29, 0.717) is 13.2 Å². The molecule has 3 fully saturated rings. The van der Waals surface area contributed by atoms with Crippen LogP contribution in [0.4, 0.5) is 0 Å². The molecule has 0 radical (unpaired) electrons. The first-order chi connectivity index (χ1) is 8.73. The fraction of sp³-hybridized carbons (Fsp3) is 1.00. The topological polar surface area (TPSA) is 55.4 Å². The van der Waals surface area contributed by atoms with Crippen molar-refractivity contribution in [3.63, 3.8) is 0 Å². The predicted molar refractivity (Wildman–Crippen MR) is 63.0 cm³/mol. The van der Waals surface area contributed by atoms with Crippen LogP contribution in [-0.4, -0.2) is 62.6 Å². The zero-order valence-electron chi connectivity index (χ0n) is 10.7. The predicted octanol–water partition coefficient (Wildman–Crippen LogP) is 0.551. The lowest BCUT2D eigenvalue weighted by Gasteiger charge is -2.36. The highest BCUT2D eigenvalue weighted by atomic mass is 32.2. The van der Waals surface area contributed by atoms with Gasteiger partial charge >= 0.3 is 5.31 Å². The Balaban J connectivity index is 1.80. The average Bonchev–Trinajstić information content (AvgIpc) is 2.91. The quantitative estimate of drug-likeness (QED) is 0.744. The third kappa shape index (κ3) is 1.89. The molecule has 7 heteroatoms. The third-order valence-electron chi connectivity index (χ3n) is 3.43. The summed E-state index contributed by atoms with van der Waals surface area (Å²) in [4.78, 5) is 0. The molecule has 0 spiro atoms. The van der Waals surface area contributed by atoms with Crippen LogP contribution in [0.5, 0.6) is 0 Å². The summed E-state index contributed by atoms with van der Waals surface area (Å²) >= 11 is 1.39. The van der Waals surface area contributed by atoms with Crippen LogP contribution in [0.2, 0.25) is 0 Å². The summed E-state index contributed by atoms with van der Waals surface area (Å²) in [6.07, 6.45) is 0.681. The summed E-state index contributed by atoms with van der Waals surface area (Å²) in [6, 6.07) is 0. The molecule has 3 aliphatic rings. The standard InChI is InChI=1S/C11H18O6S/c1-4-13-10-9(12-2)8-7(15-10)6-5-14-11(16-6,17-8)18-3/h6-10H,4-5H2,1-3H3/t6-,7-,8-,9+,10+,11+/m0/s1. The minimum atomic E-state index is -1.01. The van der Waals surface area contributed by atoms with Gasteiger partial charge in [0.05, 0.1) is 6.61 Å². The number of fused-ring (bicyclic) bond motifs is 4. The Bertz CT molecular complexity index is 316. The minimum Gasteiger partial charge on any atom is -0.373 e. The maximum Gasteiger partial charge on any atom is 0.338 e. The van der Waals surface area contributed by atoms with Gasteiger partial charge in [0.25, 0.3) is 0 Å². The van der Waals surface area contributed by atoms with Crippen LogP contribution >= 0.6 is 11.8 Å². The van der Waals surface area contributed by atoms with Crippen molar-refractivity contribution in [3.05, 3.63) is 0 Å². The highest BCUT2D eigenvalue weighted by Gasteiger charge is 2.62. The zero-order chi connectivity index (χ0) is 12.8. The third-order valence-corrected chi connectivity index (χ3v) is 4.24. The molecule has 0 N–H and O–H groups in total. The lowest BCUT2D eigenvalue weighted by molar-refractivity contribution is -0.332. The van der Waals surface area contributed by atoms with Crippen LogP contribution in [0, 0.1) is 0 Å². The Morgan fingerprint density at radius 2 is 2.17 bits per heavy atom. The van der Waals surface area contributed by atoms with Crippen LogP contribution in [0.3, 0.4) is 0 Å². The molecule has 3 heterocycles. The van der Waals surface area contributed by atoms with E-state index in [9.17, 15) is 0 Å². The van der Waals surface area contributed by atoms with Gasteiger partial charge in [-0.15, -0.1) is 0 Å². The van der Waals surface area contributed by atoms with E-state index in [4.69, 9.17) is 28.4 Å². The molecule has 0 aromatic rings. The SMILES string of the molecule is CCO[C@@H]1O[C@@H]2[C@H](O[C@@]3(SC)OC[C@@H]2O3)[C@H]1OC. The summed E-state index contributed by atoms with van der Waals surface area (Å²) < 4.78 is 34.1. The number of rotatable bonds is 4. The fourth-order valence-electron chi connectivity index (χ4n) is 2.61. The molecule has 2 bridgehead atoms. The maximum absolute atomic E-state index is 5.91. The second-order valence-corrected chi connectivity index (χ2v) is 5.29. The summed E-state index contributed by atoms with van der Waals surface area (Å²) in [7, 11) is 1.63. The summed E-state index contributed by atoms with van der Waals surface area (Å²) in [6.45, 7) is 2.96. The van der Waals surface area contributed by atoms with E-state index >= 15 is 0 Å². The van der Waals surface area contributed by atoms with Crippen LogP contribution in [0.15, 0.2) is 0 Å². The molecule has 0 unspecified atom stereocenters. The molecule has 18 heavy (non-hydrogen) atoms. The minimum absolute atomic E-state index is 0.126. The van der Waals surface area contributed by atoms with Crippen molar-refractivity contribution in [1.82, 2.24) is 0 Å². The molecule has 6 nitrogen and oxygen atoms in total. The van der Waals surface area contributed by atoms with Crippen molar-refractivity contribution in [2.45, 2.75) is 42.9 Å². The Kier molecular flexibility index (Phi) is 3.57. The molecule has 6 atom stereocenters. The Morgan fingerprint density at radius 1 is 1.33 bits per heavy atom. The Hall–Kier alpha value is 0.110. The first-order valence-corrected chi connectivity index (χ1v) is 7.30. The normalized spacial score (nSPS) is 50.5. The van der Waals surface area contributed by atoms with Crippen molar-refractivity contribution in [1.29, 1.82) is 0 Å². The van der Waals surface area contributed by atoms with E-state index < -0.39 is 11.6 Å². The lowest BCUT2D eigenvalue weighted by atomic mass is 10.1. The van der Waals surface area contributed by atoms with Gasteiger partial charge in [0.15, 0.2) is 6.29 Å². The van der Waals surface area contributed by atoms with Crippen LogP contribution in [0.1, 0.15) is 6.92 Å². The zero-order valence-corrected chi connectivity index (χ0v) is 11.5. The van der Waals surface area contributed by atoms with Gasteiger partial charge in [-0.05, 0) is 13.2 Å². The average molecular weight is 278 g/mol. The van der Waals surface area contributed by atoms with Crippen molar-refractivity contribution in [2.24, 2.45) is 0 Å². The Morgan fingerprint density at radius 3 is 2.83 bits per heavy atom. The van der Waals surface area contributed by atoms with Crippen LogP contribution in [-0.2, 0) is 28.4 Å². The van der Waals surface area contributed by atoms with Gasteiger partial charge in [-0.25, -0.2) is 0 Å². The van der Waals surface area contributed by atoms with Gasteiger partial charge in [-0.2, -0.15) is 0 Å². The van der Waals surface area contributed by atoms with Crippen molar-refractivity contribution in [2.75, 3.05) is 26.6 Å². The number of ether oxygens (including phenoxy) is 6. The van der Waals surface area contributed by atoms with Crippen LogP contribution < -0.4 is 0 Å². The monoisotopic (exact) mass is 278 g/mol. The van der Waals surface area contributed by atoms with E-state index in [2.05, 4.69) is 0 Å².